The highest BCUT2D eigenvalue weighted by Gasteiger charge is 2.13. The molecule has 0 spiro atoms. The average molecular weight is 214 g/mol. The maximum Gasteiger partial charge on any atom is 0.0905 e. The summed E-state index contributed by atoms with van der Waals surface area (Å²) in [5.41, 5.74) is 5.25. The van der Waals surface area contributed by atoms with E-state index in [1.165, 1.54) is 12.8 Å². The van der Waals surface area contributed by atoms with E-state index in [0.29, 0.717) is 12.5 Å². The Morgan fingerprint density at radius 1 is 1.40 bits per heavy atom. The standard InChI is InChI=1S/C11H22N2O2/c12-11(13)6-2-3-7-14-9-10-5-1-4-8-15-10/h10H,1-9H2,(H3,12,13). The highest BCUT2D eigenvalue weighted by atomic mass is 16.5. The lowest BCUT2D eigenvalue weighted by Gasteiger charge is -2.22. The third-order valence-corrected chi connectivity index (χ3v) is 2.56. The van der Waals surface area contributed by atoms with Crippen molar-refractivity contribution >= 4 is 5.84 Å². The van der Waals surface area contributed by atoms with Crippen molar-refractivity contribution in [3.63, 3.8) is 0 Å². The number of ether oxygens (including phenoxy) is 2. The fourth-order valence-corrected chi connectivity index (χ4v) is 1.67. The van der Waals surface area contributed by atoms with Crippen molar-refractivity contribution in [2.75, 3.05) is 19.8 Å². The minimum absolute atomic E-state index is 0.269. The third kappa shape index (κ3) is 6.47. The average Bonchev–Trinajstić information content (AvgIpc) is 2.24. The molecule has 0 aliphatic carbocycles. The number of rotatable bonds is 7. The summed E-state index contributed by atoms with van der Waals surface area (Å²) in [7, 11) is 0. The van der Waals surface area contributed by atoms with Crippen molar-refractivity contribution in [3.8, 4) is 0 Å². The molecule has 1 saturated heterocycles. The van der Waals surface area contributed by atoms with Crippen LogP contribution in [-0.2, 0) is 9.47 Å². The fraction of sp³-hybridized carbons (Fsp3) is 0.909. The van der Waals surface area contributed by atoms with Gasteiger partial charge in [0.25, 0.3) is 0 Å². The predicted molar refractivity (Wildman–Crippen MR) is 60.2 cm³/mol. The summed E-state index contributed by atoms with van der Waals surface area (Å²) in [5, 5.41) is 7.05. The summed E-state index contributed by atoms with van der Waals surface area (Å²) in [4.78, 5) is 0. The van der Waals surface area contributed by atoms with Gasteiger partial charge < -0.3 is 15.2 Å². The van der Waals surface area contributed by atoms with Crippen molar-refractivity contribution < 1.29 is 9.47 Å². The summed E-state index contributed by atoms with van der Waals surface area (Å²) >= 11 is 0. The van der Waals surface area contributed by atoms with Gasteiger partial charge in [-0.25, -0.2) is 0 Å². The topological polar surface area (TPSA) is 68.3 Å². The molecule has 1 aliphatic heterocycles. The molecule has 1 rings (SSSR count). The van der Waals surface area contributed by atoms with Crippen molar-refractivity contribution in [2.24, 2.45) is 5.73 Å². The SMILES string of the molecule is N=C(N)CCCCOCC1CCCCO1. The van der Waals surface area contributed by atoms with Crippen LogP contribution < -0.4 is 5.73 Å². The van der Waals surface area contributed by atoms with Crippen molar-refractivity contribution in [1.29, 1.82) is 5.41 Å². The molecule has 0 radical (unpaired) electrons. The zero-order valence-electron chi connectivity index (χ0n) is 9.34. The first-order chi connectivity index (χ1) is 7.29. The monoisotopic (exact) mass is 214 g/mol. The molecule has 1 aliphatic rings. The normalized spacial score (nSPS) is 21.5. The Morgan fingerprint density at radius 3 is 2.93 bits per heavy atom. The number of amidine groups is 1. The molecule has 4 nitrogen and oxygen atoms in total. The molecule has 0 aromatic rings. The van der Waals surface area contributed by atoms with Crippen LogP contribution in [0, 0.1) is 5.41 Å². The Bertz CT molecular complexity index is 179. The molecule has 0 amide bonds. The quantitative estimate of drug-likeness (QED) is 0.385. The van der Waals surface area contributed by atoms with Crippen LogP contribution in [0.3, 0.4) is 0 Å². The first kappa shape index (κ1) is 12.5. The summed E-state index contributed by atoms with van der Waals surface area (Å²) in [6.07, 6.45) is 6.50. The molecule has 1 unspecified atom stereocenters. The van der Waals surface area contributed by atoms with Crippen LogP contribution in [0.5, 0.6) is 0 Å². The first-order valence-corrected chi connectivity index (χ1v) is 5.81. The number of unbranched alkanes of at least 4 members (excludes halogenated alkanes) is 1. The van der Waals surface area contributed by atoms with Crippen molar-refractivity contribution in [2.45, 2.75) is 44.6 Å². The largest absolute Gasteiger partial charge is 0.388 e. The molecule has 0 aromatic carbocycles. The summed E-state index contributed by atoms with van der Waals surface area (Å²) in [6.45, 7) is 2.37. The molecule has 0 aromatic heterocycles. The lowest BCUT2D eigenvalue weighted by molar-refractivity contribution is -0.0410. The lowest BCUT2D eigenvalue weighted by atomic mass is 10.1. The first-order valence-electron chi connectivity index (χ1n) is 5.81. The zero-order valence-corrected chi connectivity index (χ0v) is 9.34. The van der Waals surface area contributed by atoms with Crippen LogP contribution in [0.4, 0.5) is 0 Å². The molecule has 15 heavy (non-hydrogen) atoms. The van der Waals surface area contributed by atoms with Crippen molar-refractivity contribution in [1.82, 2.24) is 0 Å². The maximum atomic E-state index is 7.05. The van der Waals surface area contributed by atoms with Crippen LogP contribution in [0.1, 0.15) is 38.5 Å². The van der Waals surface area contributed by atoms with Crippen LogP contribution in [-0.4, -0.2) is 31.8 Å². The van der Waals surface area contributed by atoms with Gasteiger partial charge in [0, 0.05) is 19.6 Å². The Kier molecular flexibility index (Phi) is 6.36. The molecule has 1 heterocycles. The highest BCUT2D eigenvalue weighted by Crippen LogP contribution is 2.12. The Hall–Kier alpha value is -0.610. The Balaban J connectivity index is 1.85. The smallest absolute Gasteiger partial charge is 0.0905 e. The van der Waals surface area contributed by atoms with Gasteiger partial charge in [0.1, 0.15) is 0 Å². The van der Waals surface area contributed by atoms with Gasteiger partial charge >= 0.3 is 0 Å². The zero-order chi connectivity index (χ0) is 10.9. The molecular formula is C11H22N2O2. The van der Waals surface area contributed by atoms with Gasteiger partial charge in [-0.05, 0) is 32.1 Å². The van der Waals surface area contributed by atoms with E-state index in [-0.39, 0.29) is 5.84 Å². The van der Waals surface area contributed by atoms with E-state index < -0.39 is 0 Å². The lowest BCUT2D eigenvalue weighted by Crippen LogP contribution is -2.24. The Labute approximate surface area is 91.6 Å². The van der Waals surface area contributed by atoms with E-state index in [4.69, 9.17) is 20.6 Å². The van der Waals surface area contributed by atoms with Gasteiger partial charge in [-0.15, -0.1) is 0 Å². The molecule has 0 bridgehead atoms. The summed E-state index contributed by atoms with van der Waals surface area (Å²) < 4.78 is 11.1. The van der Waals surface area contributed by atoms with Crippen LogP contribution >= 0.6 is 0 Å². The second kappa shape index (κ2) is 7.65. The van der Waals surface area contributed by atoms with Gasteiger partial charge in [0.2, 0.25) is 0 Å². The fourth-order valence-electron chi connectivity index (χ4n) is 1.67. The second-order valence-corrected chi connectivity index (χ2v) is 4.05. The number of nitrogens with two attached hydrogens (primary N) is 1. The minimum Gasteiger partial charge on any atom is -0.388 e. The van der Waals surface area contributed by atoms with Gasteiger partial charge in [0.05, 0.1) is 18.5 Å². The van der Waals surface area contributed by atoms with Gasteiger partial charge in [-0.3, -0.25) is 5.41 Å². The summed E-state index contributed by atoms with van der Waals surface area (Å²) in [5.74, 6) is 0.269. The van der Waals surface area contributed by atoms with E-state index in [9.17, 15) is 0 Å². The number of hydrogen-bond donors (Lipinski definition) is 2. The Morgan fingerprint density at radius 2 is 2.27 bits per heavy atom. The van der Waals surface area contributed by atoms with E-state index in [1.807, 2.05) is 0 Å². The number of nitrogens with one attached hydrogen (secondary N) is 1. The van der Waals surface area contributed by atoms with E-state index in [2.05, 4.69) is 0 Å². The molecule has 3 N–H and O–H groups in total. The maximum absolute atomic E-state index is 7.05. The predicted octanol–water partition coefficient (Wildman–Crippen LogP) is 1.68. The van der Waals surface area contributed by atoms with E-state index in [1.54, 1.807) is 0 Å². The van der Waals surface area contributed by atoms with Gasteiger partial charge in [-0.1, -0.05) is 0 Å². The van der Waals surface area contributed by atoms with E-state index in [0.717, 1.165) is 39.1 Å². The molecule has 4 heteroatoms. The van der Waals surface area contributed by atoms with Crippen molar-refractivity contribution in [3.05, 3.63) is 0 Å². The second-order valence-electron chi connectivity index (χ2n) is 4.05. The third-order valence-electron chi connectivity index (χ3n) is 2.56. The number of hydrogen-bond acceptors (Lipinski definition) is 3. The highest BCUT2D eigenvalue weighted by molar-refractivity contribution is 5.76. The van der Waals surface area contributed by atoms with E-state index >= 15 is 0 Å². The van der Waals surface area contributed by atoms with Gasteiger partial charge in [-0.2, -0.15) is 0 Å². The minimum atomic E-state index is 0.269. The van der Waals surface area contributed by atoms with Crippen LogP contribution in [0.25, 0.3) is 0 Å². The molecule has 88 valence electrons. The molecular weight excluding hydrogens is 192 g/mol. The molecule has 1 atom stereocenters. The molecule has 1 fully saturated rings. The van der Waals surface area contributed by atoms with Crippen LogP contribution in [0.15, 0.2) is 0 Å². The van der Waals surface area contributed by atoms with Crippen LogP contribution in [0.2, 0.25) is 0 Å². The molecule has 0 saturated carbocycles. The summed E-state index contributed by atoms with van der Waals surface area (Å²) in [6, 6.07) is 0. The van der Waals surface area contributed by atoms with Gasteiger partial charge in [0.15, 0.2) is 0 Å².